The molecule has 1 nitrogen and oxygen atoms in total. The van der Waals surface area contributed by atoms with E-state index < -0.39 is 8.32 Å². The van der Waals surface area contributed by atoms with Gasteiger partial charge in [-0.3, -0.25) is 0 Å². The summed E-state index contributed by atoms with van der Waals surface area (Å²) >= 11 is 0. The maximum absolute atomic E-state index is 6.19. The minimum absolute atomic E-state index is 0.335. The van der Waals surface area contributed by atoms with Crippen molar-refractivity contribution in [2.45, 2.75) is 65.6 Å². The molecule has 96 valence electrons. The third-order valence-electron chi connectivity index (χ3n) is 4.14. The molecule has 0 aromatic rings. The van der Waals surface area contributed by atoms with Crippen molar-refractivity contribution in [3.8, 4) is 0 Å². The van der Waals surface area contributed by atoms with Crippen LogP contribution in [0.4, 0.5) is 0 Å². The highest BCUT2D eigenvalue weighted by atomic mass is 28.4. The second kappa shape index (κ2) is 6.60. The predicted octanol–water partition coefficient (Wildman–Crippen LogP) is 5.00. The Morgan fingerprint density at radius 3 is 2.19 bits per heavy atom. The summed E-state index contributed by atoms with van der Waals surface area (Å²) in [4.78, 5) is 0. The minimum Gasteiger partial charge on any atom is -0.416 e. The molecular formula is C14H30OSi. The molecule has 2 heteroatoms. The molecule has 0 atom stereocenters. The Bertz CT molecular complexity index is 217. The first kappa shape index (κ1) is 15.9. The van der Waals surface area contributed by atoms with Gasteiger partial charge in [-0.15, -0.1) is 0 Å². The number of rotatable bonds is 7. The van der Waals surface area contributed by atoms with Gasteiger partial charge in [0.25, 0.3) is 0 Å². The Balaban J connectivity index is 4.19. The lowest BCUT2D eigenvalue weighted by atomic mass is 9.99. The zero-order chi connectivity index (χ0) is 12.8. The fourth-order valence-electron chi connectivity index (χ4n) is 1.55. The van der Waals surface area contributed by atoms with Gasteiger partial charge in [0.1, 0.15) is 0 Å². The highest BCUT2D eigenvalue weighted by molar-refractivity contribution is 6.74. The normalized spacial score (nSPS) is 14.0. The standard InChI is InChI=1S/C14H30OSi/c1-8-9-10-11-12-15-16(6,7)14(4,5)13(2)3/h9-10,13H,8,11-12H2,1-7H3/b10-9-. The van der Waals surface area contributed by atoms with Crippen LogP contribution < -0.4 is 0 Å². The van der Waals surface area contributed by atoms with Crippen molar-refractivity contribution in [2.24, 2.45) is 5.92 Å². The molecule has 0 saturated carbocycles. The van der Waals surface area contributed by atoms with Gasteiger partial charge >= 0.3 is 0 Å². The number of allylic oxidation sites excluding steroid dienone is 1. The molecular weight excluding hydrogens is 212 g/mol. The quantitative estimate of drug-likeness (QED) is 0.347. The van der Waals surface area contributed by atoms with E-state index in [9.17, 15) is 0 Å². The monoisotopic (exact) mass is 242 g/mol. The van der Waals surface area contributed by atoms with E-state index in [0.29, 0.717) is 11.0 Å². The maximum Gasteiger partial charge on any atom is 0.192 e. The third-order valence-corrected chi connectivity index (χ3v) is 8.75. The first-order valence-corrected chi connectivity index (χ1v) is 9.45. The van der Waals surface area contributed by atoms with E-state index in [0.717, 1.165) is 19.4 Å². The summed E-state index contributed by atoms with van der Waals surface area (Å²) in [5, 5.41) is 0.335. The Hall–Kier alpha value is -0.0831. The van der Waals surface area contributed by atoms with Gasteiger partial charge in [0.05, 0.1) is 0 Å². The first-order chi connectivity index (χ1) is 7.25. The molecule has 0 unspecified atom stereocenters. The summed E-state index contributed by atoms with van der Waals surface area (Å²) in [7, 11) is -1.59. The molecule has 0 aliphatic carbocycles. The lowest BCUT2D eigenvalue weighted by molar-refractivity contribution is 0.272. The molecule has 0 heterocycles. The van der Waals surface area contributed by atoms with Crippen molar-refractivity contribution in [1.29, 1.82) is 0 Å². The Labute approximate surface area is 103 Å². The van der Waals surface area contributed by atoms with Crippen molar-refractivity contribution in [3.63, 3.8) is 0 Å². The lowest BCUT2D eigenvalue weighted by Crippen LogP contribution is -2.45. The van der Waals surface area contributed by atoms with E-state index in [1.54, 1.807) is 0 Å². The molecule has 0 N–H and O–H groups in total. The Morgan fingerprint density at radius 1 is 1.19 bits per heavy atom. The average Bonchev–Trinajstić information content (AvgIpc) is 2.16. The summed E-state index contributed by atoms with van der Waals surface area (Å²) in [5.74, 6) is 0.681. The van der Waals surface area contributed by atoms with Crippen molar-refractivity contribution < 1.29 is 4.43 Å². The van der Waals surface area contributed by atoms with Crippen LogP contribution in [-0.4, -0.2) is 14.9 Å². The molecule has 0 radical (unpaired) electrons. The Morgan fingerprint density at radius 2 is 1.75 bits per heavy atom. The third kappa shape index (κ3) is 4.42. The zero-order valence-electron chi connectivity index (χ0n) is 12.3. The van der Waals surface area contributed by atoms with Gasteiger partial charge < -0.3 is 4.43 Å². The van der Waals surface area contributed by atoms with E-state index in [1.807, 2.05) is 0 Å². The molecule has 0 bridgehead atoms. The van der Waals surface area contributed by atoms with E-state index in [4.69, 9.17) is 4.43 Å². The average molecular weight is 242 g/mol. The predicted molar refractivity (Wildman–Crippen MR) is 76.4 cm³/mol. The van der Waals surface area contributed by atoms with Crippen LogP contribution in [0.1, 0.15) is 47.5 Å². The number of hydrogen-bond donors (Lipinski definition) is 0. The van der Waals surface area contributed by atoms with E-state index in [2.05, 4.69) is 59.9 Å². The second-order valence-corrected chi connectivity index (χ2v) is 10.5. The second-order valence-electron chi connectivity index (χ2n) is 5.90. The zero-order valence-corrected chi connectivity index (χ0v) is 13.3. The van der Waals surface area contributed by atoms with Crippen molar-refractivity contribution in [2.75, 3.05) is 6.61 Å². The van der Waals surface area contributed by atoms with Gasteiger partial charge in [-0.05, 0) is 36.9 Å². The summed E-state index contributed by atoms with van der Waals surface area (Å²) in [6, 6.07) is 0. The van der Waals surface area contributed by atoms with Crippen LogP contribution in [-0.2, 0) is 4.43 Å². The molecule has 0 saturated heterocycles. The first-order valence-electron chi connectivity index (χ1n) is 6.54. The fraction of sp³-hybridized carbons (Fsp3) is 0.857. The van der Waals surface area contributed by atoms with Gasteiger partial charge in [-0.2, -0.15) is 0 Å². The molecule has 0 aromatic heterocycles. The summed E-state index contributed by atoms with van der Waals surface area (Å²) in [6.45, 7) is 17.0. The largest absolute Gasteiger partial charge is 0.416 e. The Kier molecular flexibility index (Phi) is 6.57. The topological polar surface area (TPSA) is 9.23 Å². The molecule has 0 aromatic carbocycles. The van der Waals surface area contributed by atoms with Gasteiger partial charge in [0.2, 0.25) is 0 Å². The smallest absolute Gasteiger partial charge is 0.192 e. The highest BCUT2D eigenvalue weighted by Gasteiger charge is 2.42. The van der Waals surface area contributed by atoms with Gasteiger partial charge in [-0.1, -0.05) is 46.8 Å². The molecule has 0 spiro atoms. The SMILES string of the molecule is CC/C=C\CCO[Si](C)(C)C(C)(C)C(C)C. The molecule has 0 aliphatic heterocycles. The number of hydrogen-bond acceptors (Lipinski definition) is 1. The van der Waals surface area contributed by atoms with Crippen LogP contribution in [0.2, 0.25) is 18.1 Å². The van der Waals surface area contributed by atoms with Crippen LogP contribution in [0.25, 0.3) is 0 Å². The summed E-state index contributed by atoms with van der Waals surface area (Å²) in [5.41, 5.74) is 0. The van der Waals surface area contributed by atoms with E-state index >= 15 is 0 Å². The summed E-state index contributed by atoms with van der Waals surface area (Å²) < 4.78 is 6.19. The maximum atomic E-state index is 6.19. The van der Waals surface area contributed by atoms with Crippen LogP contribution >= 0.6 is 0 Å². The minimum atomic E-state index is -1.59. The van der Waals surface area contributed by atoms with Crippen molar-refractivity contribution in [1.82, 2.24) is 0 Å². The highest BCUT2D eigenvalue weighted by Crippen LogP contribution is 2.44. The molecule has 0 fully saturated rings. The molecule has 0 amide bonds. The fourth-order valence-corrected chi connectivity index (χ4v) is 3.94. The summed E-state index contributed by atoms with van der Waals surface area (Å²) in [6.07, 6.45) is 6.62. The van der Waals surface area contributed by atoms with Gasteiger partial charge in [-0.25, -0.2) is 0 Å². The van der Waals surface area contributed by atoms with Crippen LogP contribution in [0.5, 0.6) is 0 Å². The molecule has 16 heavy (non-hydrogen) atoms. The van der Waals surface area contributed by atoms with Gasteiger partial charge in [0, 0.05) is 6.61 Å². The van der Waals surface area contributed by atoms with Crippen LogP contribution in [0.15, 0.2) is 12.2 Å². The van der Waals surface area contributed by atoms with Crippen LogP contribution in [0.3, 0.4) is 0 Å². The van der Waals surface area contributed by atoms with E-state index in [-0.39, 0.29) is 0 Å². The van der Waals surface area contributed by atoms with Gasteiger partial charge in [0.15, 0.2) is 8.32 Å². The molecule has 0 aliphatic rings. The van der Waals surface area contributed by atoms with Crippen LogP contribution in [0, 0.1) is 5.92 Å². The molecule has 0 rings (SSSR count). The lowest BCUT2D eigenvalue weighted by Gasteiger charge is -2.42. The van der Waals surface area contributed by atoms with Crippen molar-refractivity contribution in [3.05, 3.63) is 12.2 Å². The van der Waals surface area contributed by atoms with Crippen molar-refractivity contribution >= 4 is 8.32 Å². The van der Waals surface area contributed by atoms with E-state index in [1.165, 1.54) is 0 Å².